The summed E-state index contributed by atoms with van der Waals surface area (Å²) in [6, 6.07) is 6.83. The fourth-order valence-electron chi connectivity index (χ4n) is 1.93. The van der Waals surface area contributed by atoms with E-state index in [9.17, 15) is 4.39 Å². The van der Waals surface area contributed by atoms with Gasteiger partial charge in [-0.05, 0) is 64.4 Å². The van der Waals surface area contributed by atoms with Crippen LogP contribution in [-0.4, -0.2) is 30.6 Å². The predicted molar refractivity (Wildman–Crippen MR) is 75.1 cm³/mol. The molecule has 1 aromatic carbocycles. The Morgan fingerprint density at radius 3 is 2.61 bits per heavy atom. The number of rotatable bonds is 7. The van der Waals surface area contributed by atoms with Crippen LogP contribution in [0.1, 0.15) is 32.3 Å². The van der Waals surface area contributed by atoms with Gasteiger partial charge in [-0.15, -0.1) is 0 Å². The first-order valence-corrected chi connectivity index (χ1v) is 6.59. The van der Waals surface area contributed by atoms with Crippen LogP contribution in [0.3, 0.4) is 0 Å². The molecule has 0 saturated heterocycles. The Morgan fingerprint density at radius 2 is 2.00 bits per heavy atom. The van der Waals surface area contributed by atoms with Crippen molar-refractivity contribution in [1.82, 2.24) is 4.90 Å². The first-order chi connectivity index (χ1) is 8.37. The lowest BCUT2D eigenvalue weighted by atomic mass is 10.00. The third-order valence-corrected chi connectivity index (χ3v) is 3.03. The van der Waals surface area contributed by atoms with Crippen molar-refractivity contribution in [3.8, 4) is 0 Å². The summed E-state index contributed by atoms with van der Waals surface area (Å²) in [4.78, 5) is 2.27. The van der Waals surface area contributed by atoms with Crippen molar-refractivity contribution in [3.05, 3.63) is 35.6 Å². The van der Waals surface area contributed by atoms with E-state index in [0.29, 0.717) is 0 Å². The molecule has 2 nitrogen and oxygen atoms in total. The number of hydrogen-bond acceptors (Lipinski definition) is 2. The number of nitrogens with two attached hydrogens (primary N) is 1. The fourth-order valence-corrected chi connectivity index (χ4v) is 1.93. The van der Waals surface area contributed by atoms with Crippen molar-refractivity contribution in [3.63, 3.8) is 0 Å². The second kappa shape index (κ2) is 6.86. The van der Waals surface area contributed by atoms with Crippen molar-refractivity contribution < 1.29 is 4.39 Å². The van der Waals surface area contributed by atoms with Crippen LogP contribution in [0.25, 0.3) is 0 Å². The van der Waals surface area contributed by atoms with Gasteiger partial charge in [-0.1, -0.05) is 12.1 Å². The molecule has 1 aromatic rings. The van der Waals surface area contributed by atoms with Crippen LogP contribution in [0.2, 0.25) is 0 Å². The van der Waals surface area contributed by atoms with Crippen LogP contribution in [0.5, 0.6) is 0 Å². The Morgan fingerprint density at radius 1 is 1.28 bits per heavy atom. The summed E-state index contributed by atoms with van der Waals surface area (Å²) in [6.45, 7) is 6.10. The number of nitrogens with zero attached hydrogens (tertiary/aromatic N) is 1. The van der Waals surface area contributed by atoms with Gasteiger partial charge in [0, 0.05) is 12.1 Å². The Hall–Kier alpha value is -0.930. The molecule has 0 spiro atoms. The predicted octanol–water partition coefficient (Wildman–Crippen LogP) is 2.82. The highest BCUT2D eigenvalue weighted by atomic mass is 19.1. The topological polar surface area (TPSA) is 29.3 Å². The zero-order valence-corrected chi connectivity index (χ0v) is 11.7. The largest absolute Gasteiger partial charge is 0.326 e. The van der Waals surface area contributed by atoms with Crippen molar-refractivity contribution in [1.29, 1.82) is 0 Å². The number of hydrogen-bond donors (Lipinski definition) is 1. The molecule has 0 aromatic heterocycles. The summed E-state index contributed by atoms with van der Waals surface area (Å²) in [5.74, 6) is -0.153. The molecule has 0 unspecified atom stereocenters. The van der Waals surface area contributed by atoms with E-state index in [-0.39, 0.29) is 11.4 Å². The molecule has 0 aliphatic rings. The van der Waals surface area contributed by atoms with Crippen LogP contribution in [0.15, 0.2) is 24.3 Å². The summed E-state index contributed by atoms with van der Waals surface area (Å²) in [7, 11) is 2.10. The van der Waals surface area contributed by atoms with Gasteiger partial charge in [0.25, 0.3) is 0 Å². The van der Waals surface area contributed by atoms with Crippen LogP contribution < -0.4 is 5.73 Å². The van der Waals surface area contributed by atoms with E-state index in [2.05, 4.69) is 25.8 Å². The monoisotopic (exact) mass is 252 g/mol. The van der Waals surface area contributed by atoms with Crippen molar-refractivity contribution >= 4 is 0 Å². The third-order valence-electron chi connectivity index (χ3n) is 3.03. The molecular weight excluding hydrogens is 227 g/mol. The van der Waals surface area contributed by atoms with E-state index in [1.54, 1.807) is 12.1 Å². The molecule has 0 aliphatic heterocycles. The molecule has 0 fully saturated rings. The Labute approximate surface area is 110 Å². The maximum Gasteiger partial charge on any atom is 0.123 e. The maximum absolute atomic E-state index is 13.0. The number of likely N-dealkylation sites (N-methyl/N-ethyl adjacent to an activating group) is 1. The smallest absolute Gasteiger partial charge is 0.123 e. The number of halogens is 1. The third kappa shape index (κ3) is 6.72. The molecule has 18 heavy (non-hydrogen) atoms. The minimum absolute atomic E-state index is 0.0800. The standard InChI is InChI=1S/C15H25FN2/c1-15(2,17)9-5-10-18(3)11-8-13-6-4-7-14(16)12-13/h4,6-7,12H,5,8-11,17H2,1-3H3. The van der Waals surface area contributed by atoms with E-state index >= 15 is 0 Å². The van der Waals surface area contributed by atoms with E-state index < -0.39 is 0 Å². The average molecular weight is 252 g/mol. The maximum atomic E-state index is 13.0. The van der Waals surface area contributed by atoms with Crippen molar-refractivity contribution in [2.45, 2.75) is 38.6 Å². The molecule has 0 atom stereocenters. The van der Waals surface area contributed by atoms with Gasteiger partial charge in [0.15, 0.2) is 0 Å². The molecule has 1 rings (SSSR count). The lowest BCUT2D eigenvalue weighted by Crippen LogP contribution is -2.33. The van der Waals surface area contributed by atoms with Gasteiger partial charge in [0.2, 0.25) is 0 Å². The van der Waals surface area contributed by atoms with Crippen molar-refractivity contribution in [2.24, 2.45) is 5.73 Å². The summed E-state index contributed by atoms with van der Waals surface area (Å²) in [5, 5.41) is 0. The molecule has 0 heterocycles. The minimum atomic E-state index is -0.153. The summed E-state index contributed by atoms with van der Waals surface area (Å²) in [5.41, 5.74) is 6.92. The Kier molecular flexibility index (Phi) is 5.76. The van der Waals surface area contributed by atoms with Gasteiger partial charge in [0.05, 0.1) is 0 Å². The molecule has 0 amide bonds. The second-order valence-electron chi connectivity index (χ2n) is 5.78. The molecule has 102 valence electrons. The highest BCUT2D eigenvalue weighted by Gasteiger charge is 2.10. The molecule has 0 aliphatic carbocycles. The van der Waals surface area contributed by atoms with E-state index in [1.807, 2.05) is 6.07 Å². The second-order valence-corrected chi connectivity index (χ2v) is 5.78. The normalized spacial score (nSPS) is 12.1. The van der Waals surface area contributed by atoms with Gasteiger partial charge in [-0.25, -0.2) is 4.39 Å². The van der Waals surface area contributed by atoms with Crippen molar-refractivity contribution in [2.75, 3.05) is 20.1 Å². The lowest BCUT2D eigenvalue weighted by molar-refractivity contribution is 0.312. The summed E-state index contributed by atoms with van der Waals surface area (Å²) in [6.07, 6.45) is 3.01. The zero-order valence-electron chi connectivity index (χ0n) is 11.7. The molecule has 3 heteroatoms. The molecule has 0 radical (unpaired) electrons. The van der Waals surface area contributed by atoms with Gasteiger partial charge in [-0.3, -0.25) is 0 Å². The van der Waals surface area contributed by atoms with E-state index in [1.165, 1.54) is 6.07 Å². The average Bonchev–Trinajstić information content (AvgIpc) is 2.25. The minimum Gasteiger partial charge on any atom is -0.326 e. The molecular formula is C15H25FN2. The molecule has 2 N–H and O–H groups in total. The van der Waals surface area contributed by atoms with Gasteiger partial charge < -0.3 is 10.6 Å². The van der Waals surface area contributed by atoms with Gasteiger partial charge in [-0.2, -0.15) is 0 Å². The Balaban J connectivity index is 2.23. The van der Waals surface area contributed by atoms with Gasteiger partial charge >= 0.3 is 0 Å². The SMILES string of the molecule is CN(CCCC(C)(C)N)CCc1cccc(F)c1. The van der Waals surface area contributed by atoms with Crippen LogP contribution in [-0.2, 0) is 6.42 Å². The summed E-state index contributed by atoms with van der Waals surface area (Å²) < 4.78 is 13.0. The summed E-state index contributed by atoms with van der Waals surface area (Å²) >= 11 is 0. The van der Waals surface area contributed by atoms with Crippen LogP contribution >= 0.6 is 0 Å². The zero-order chi connectivity index (χ0) is 13.6. The highest BCUT2D eigenvalue weighted by Crippen LogP contribution is 2.08. The molecule has 0 bridgehead atoms. The fraction of sp³-hybridized carbons (Fsp3) is 0.600. The quantitative estimate of drug-likeness (QED) is 0.808. The Bertz CT molecular complexity index is 358. The molecule has 0 saturated carbocycles. The van der Waals surface area contributed by atoms with E-state index in [4.69, 9.17) is 5.73 Å². The van der Waals surface area contributed by atoms with Gasteiger partial charge in [0.1, 0.15) is 5.82 Å². The number of benzene rings is 1. The highest BCUT2D eigenvalue weighted by molar-refractivity contribution is 5.16. The van der Waals surface area contributed by atoms with E-state index in [0.717, 1.165) is 37.9 Å². The first-order valence-electron chi connectivity index (χ1n) is 6.59. The van der Waals surface area contributed by atoms with Crippen LogP contribution in [0.4, 0.5) is 4.39 Å². The van der Waals surface area contributed by atoms with Crippen LogP contribution in [0, 0.1) is 5.82 Å². The lowest BCUT2D eigenvalue weighted by Gasteiger charge is -2.21. The first kappa shape index (κ1) is 15.1.